The van der Waals surface area contributed by atoms with Crippen LogP contribution in [0.1, 0.15) is 64.7 Å². The van der Waals surface area contributed by atoms with Crippen molar-refractivity contribution in [2.75, 3.05) is 20.8 Å². The van der Waals surface area contributed by atoms with Gasteiger partial charge in [0.1, 0.15) is 11.6 Å². The van der Waals surface area contributed by atoms with Gasteiger partial charge in [-0.3, -0.25) is 14.9 Å². The molecule has 1 aliphatic rings. The standard InChI is InChI=1S/C24H38N2O8Si/c1-14(2)35(15(3)4,16(5)6)34-22-13-19(26(30)31)18(12-21(22)32-7)23(28)25-10-9-17(27)11-20(25)24(29)33-8/h12-17,20,27H,9-11H2,1-8H3/t17-,20+/m1/s1. The summed E-state index contributed by atoms with van der Waals surface area (Å²) in [4.78, 5) is 38.5. The van der Waals surface area contributed by atoms with E-state index in [1.807, 2.05) is 0 Å². The lowest BCUT2D eigenvalue weighted by Gasteiger charge is -2.42. The third-order valence-corrected chi connectivity index (χ3v) is 13.0. The van der Waals surface area contributed by atoms with Gasteiger partial charge in [-0.05, 0) is 23.0 Å². The number of methoxy groups -OCH3 is 2. The van der Waals surface area contributed by atoms with Crippen LogP contribution in [-0.4, -0.2) is 68.0 Å². The maximum absolute atomic E-state index is 13.5. The van der Waals surface area contributed by atoms with Crippen LogP contribution in [0.25, 0.3) is 0 Å². The Balaban J connectivity index is 2.62. The zero-order valence-electron chi connectivity index (χ0n) is 21.9. The quantitative estimate of drug-likeness (QED) is 0.225. The third kappa shape index (κ3) is 5.61. The van der Waals surface area contributed by atoms with Crippen LogP contribution in [0, 0.1) is 10.1 Å². The monoisotopic (exact) mass is 510 g/mol. The normalized spacial score (nSPS) is 18.7. The summed E-state index contributed by atoms with van der Waals surface area (Å²) in [5, 5.41) is 22.1. The van der Waals surface area contributed by atoms with Gasteiger partial charge in [-0.15, -0.1) is 0 Å². The zero-order valence-corrected chi connectivity index (χ0v) is 22.9. The molecule has 0 aliphatic carbocycles. The Hall–Kier alpha value is -2.66. The fraction of sp³-hybridized carbons (Fsp3) is 0.667. The van der Waals surface area contributed by atoms with Crippen LogP contribution in [-0.2, 0) is 9.53 Å². The van der Waals surface area contributed by atoms with Crippen molar-refractivity contribution in [2.24, 2.45) is 0 Å². The molecule has 1 N–H and O–H groups in total. The van der Waals surface area contributed by atoms with E-state index < -0.39 is 43.0 Å². The van der Waals surface area contributed by atoms with Gasteiger partial charge in [0.05, 0.1) is 31.3 Å². The van der Waals surface area contributed by atoms with Crippen LogP contribution in [0.5, 0.6) is 11.5 Å². The maximum atomic E-state index is 13.5. The summed E-state index contributed by atoms with van der Waals surface area (Å²) in [5.74, 6) is -0.946. The Morgan fingerprint density at radius 2 is 1.66 bits per heavy atom. The molecule has 2 rings (SSSR count). The molecule has 0 bridgehead atoms. The Bertz CT molecular complexity index is 928. The van der Waals surface area contributed by atoms with E-state index in [1.165, 1.54) is 31.3 Å². The SMILES string of the molecule is COC(=O)[C@@H]1C[C@H](O)CCN1C(=O)c1cc(OC)c(O[Si](C(C)C)(C(C)C)C(C)C)cc1[N+](=O)[O-]. The molecule has 1 aromatic carbocycles. The van der Waals surface area contributed by atoms with Crippen molar-refractivity contribution in [1.82, 2.24) is 4.90 Å². The summed E-state index contributed by atoms with van der Waals surface area (Å²) in [6, 6.07) is 1.53. The lowest BCUT2D eigenvalue weighted by atomic mass is 9.98. The molecule has 1 aliphatic heterocycles. The Morgan fingerprint density at radius 1 is 1.09 bits per heavy atom. The number of hydrogen-bond acceptors (Lipinski definition) is 8. The van der Waals surface area contributed by atoms with Crippen molar-refractivity contribution < 1.29 is 33.5 Å². The van der Waals surface area contributed by atoms with Gasteiger partial charge in [0.2, 0.25) is 0 Å². The van der Waals surface area contributed by atoms with E-state index in [4.69, 9.17) is 13.9 Å². The number of nitrogens with zero attached hydrogens (tertiary/aromatic N) is 2. The first kappa shape index (κ1) is 28.6. The Labute approximate surface area is 207 Å². The van der Waals surface area contributed by atoms with Crippen molar-refractivity contribution in [1.29, 1.82) is 0 Å². The lowest BCUT2D eigenvalue weighted by Crippen LogP contribution is -2.52. The average molecular weight is 511 g/mol. The molecule has 0 unspecified atom stereocenters. The molecule has 0 saturated carbocycles. The van der Waals surface area contributed by atoms with Crippen molar-refractivity contribution in [2.45, 2.75) is 83.2 Å². The second kappa shape index (κ2) is 11.4. The Kier molecular flexibility index (Phi) is 9.29. The molecular formula is C24H38N2O8Si. The van der Waals surface area contributed by atoms with E-state index in [1.54, 1.807) is 0 Å². The van der Waals surface area contributed by atoms with Crippen LogP contribution >= 0.6 is 0 Å². The number of benzene rings is 1. The molecule has 35 heavy (non-hydrogen) atoms. The first-order valence-electron chi connectivity index (χ1n) is 11.9. The summed E-state index contributed by atoms with van der Waals surface area (Å²) in [6.07, 6.45) is -0.531. The van der Waals surface area contributed by atoms with Gasteiger partial charge in [0, 0.05) is 19.0 Å². The zero-order chi connectivity index (χ0) is 26.7. The van der Waals surface area contributed by atoms with Crippen LogP contribution in [0.4, 0.5) is 5.69 Å². The summed E-state index contributed by atoms with van der Waals surface area (Å²) in [7, 11) is 0.133. The Morgan fingerprint density at radius 3 is 2.11 bits per heavy atom. The maximum Gasteiger partial charge on any atom is 0.328 e. The highest BCUT2D eigenvalue weighted by Crippen LogP contribution is 2.46. The minimum atomic E-state index is -2.48. The lowest BCUT2D eigenvalue weighted by molar-refractivity contribution is -0.385. The first-order chi connectivity index (χ1) is 16.3. The van der Waals surface area contributed by atoms with E-state index in [-0.39, 0.29) is 53.1 Å². The van der Waals surface area contributed by atoms with E-state index >= 15 is 0 Å². The number of hydrogen-bond donors (Lipinski definition) is 1. The molecule has 10 nitrogen and oxygen atoms in total. The second-order valence-electron chi connectivity index (χ2n) is 9.91. The van der Waals surface area contributed by atoms with Crippen molar-refractivity contribution in [3.63, 3.8) is 0 Å². The number of nitro benzene ring substituents is 1. The fourth-order valence-corrected chi connectivity index (χ4v) is 10.6. The molecule has 0 radical (unpaired) electrons. The number of piperidine rings is 1. The van der Waals surface area contributed by atoms with Crippen molar-refractivity contribution in [3.05, 3.63) is 27.8 Å². The molecule has 0 spiro atoms. The van der Waals surface area contributed by atoms with Crippen LogP contribution in [0.2, 0.25) is 16.6 Å². The smallest absolute Gasteiger partial charge is 0.328 e. The van der Waals surface area contributed by atoms with Crippen LogP contribution in [0.15, 0.2) is 12.1 Å². The van der Waals surface area contributed by atoms with E-state index in [2.05, 4.69) is 41.5 Å². The highest BCUT2D eigenvalue weighted by Gasteiger charge is 2.48. The van der Waals surface area contributed by atoms with Gasteiger partial charge in [-0.1, -0.05) is 41.5 Å². The summed E-state index contributed by atoms with van der Waals surface area (Å²) >= 11 is 0. The van der Waals surface area contributed by atoms with Crippen molar-refractivity contribution in [3.8, 4) is 11.5 Å². The molecule has 1 heterocycles. The number of rotatable bonds is 9. The molecule has 1 amide bonds. The minimum Gasteiger partial charge on any atom is -0.540 e. The average Bonchev–Trinajstić information content (AvgIpc) is 2.80. The van der Waals surface area contributed by atoms with E-state index in [9.17, 15) is 24.8 Å². The summed E-state index contributed by atoms with van der Waals surface area (Å²) < 4.78 is 17.0. The van der Waals surface area contributed by atoms with Gasteiger partial charge in [0.15, 0.2) is 11.5 Å². The van der Waals surface area contributed by atoms with Crippen molar-refractivity contribution >= 4 is 25.9 Å². The van der Waals surface area contributed by atoms with Gasteiger partial charge in [0.25, 0.3) is 19.9 Å². The van der Waals surface area contributed by atoms with Crippen LogP contribution in [0.3, 0.4) is 0 Å². The second-order valence-corrected chi connectivity index (χ2v) is 15.3. The van der Waals surface area contributed by atoms with Gasteiger partial charge in [-0.2, -0.15) is 0 Å². The number of carbonyl (C=O) groups excluding carboxylic acids is 2. The molecule has 1 aromatic rings. The largest absolute Gasteiger partial charge is 0.540 e. The summed E-state index contributed by atoms with van der Waals surface area (Å²) in [6.45, 7) is 12.7. The van der Waals surface area contributed by atoms with Gasteiger partial charge in [-0.25, -0.2) is 4.79 Å². The number of esters is 1. The predicted molar refractivity (Wildman–Crippen MR) is 133 cm³/mol. The molecular weight excluding hydrogens is 472 g/mol. The molecule has 1 saturated heterocycles. The van der Waals surface area contributed by atoms with E-state index in [0.29, 0.717) is 0 Å². The number of aliphatic hydroxyl groups excluding tert-OH is 1. The minimum absolute atomic E-state index is 0.00414. The van der Waals surface area contributed by atoms with Gasteiger partial charge >= 0.3 is 5.97 Å². The summed E-state index contributed by atoms with van der Waals surface area (Å²) in [5.41, 5.74) is 0.00425. The number of ether oxygens (including phenoxy) is 2. The van der Waals surface area contributed by atoms with E-state index in [0.717, 1.165) is 0 Å². The predicted octanol–water partition coefficient (Wildman–Crippen LogP) is 4.30. The first-order valence-corrected chi connectivity index (χ1v) is 14.1. The molecule has 1 fully saturated rings. The highest BCUT2D eigenvalue weighted by molar-refractivity contribution is 6.78. The number of carbonyl (C=O) groups is 2. The van der Waals surface area contributed by atoms with Crippen LogP contribution < -0.4 is 9.16 Å². The number of likely N-dealkylation sites (tertiary alicyclic amines) is 1. The molecule has 2 atom stereocenters. The highest BCUT2D eigenvalue weighted by atomic mass is 28.4. The fourth-order valence-electron chi connectivity index (χ4n) is 5.36. The topological polar surface area (TPSA) is 128 Å². The number of amides is 1. The number of nitro groups is 1. The number of aliphatic hydroxyl groups is 1. The molecule has 196 valence electrons. The molecule has 0 aromatic heterocycles. The molecule has 11 heteroatoms. The third-order valence-electron chi connectivity index (χ3n) is 7.01. The van der Waals surface area contributed by atoms with Gasteiger partial charge < -0.3 is 23.9 Å².